The van der Waals surface area contributed by atoms with Crippen molar-refractivity contribution in [3.8, 4) is 6.07 Å². The third kappa shape index (κ3) is 4.65. The maximum Gasteiger partial charge on any atom is 0.237 e. The number of nitriles is 1. The van der Waals surface area contributed by atoms with Crippen LogP contribution in [-0.4, -0.2) is 41.0 Å². The molecule has 3 N–H and O–H groups in total. The minimum Gasteiger partial charge on any atom is -0.369 e. The molecule has 31 heavy (non-hydrogen) atoms. The lowest BCUT2D eigenvalue weighted by atomic mass is 9.94. The van der Waals surface area contributed by atoms with Crippen LogP contribution in [0.1, 0.15) is 24.6 Å². The number of anilines is 1. The molecule has 3 atom stereocenters. The molecule has 0 bridgehead atoms. The Morgan fingerprint density at radius 3 is 2.84 bits per heavy atom. The topological polar surface area (TPSA) is 108 Å². The van der Waals surface area contributed by atoms with E-state index in [1.54, 1.807) is 12.4 Å². The smallest absolute Gasteiger partial charge is 0.237 e. The second kappa shape index (κ2) is 9.11. The average molecular weight is 415 g/mol. The summed E-state index contributed by atoms with van der Waals surface area (Å²) in [6, 6.07) is 14.9. The van der Waals surface area contributed by atoms with Crippen LogP contribution in [0.15, 0.2) is 54.9 Å². The van der Waals surface area contributed by atoms with Gasteiger partial charge in [0.2, 0.25) is 5.91 Å². The molecule has 7 nitrogen and oxygen atoms in total. The van der Waals surface area contributed by atoms with Crippen molar-refractivity contribution in [3.05, 3.63) is 66.1 Å². The predicted octanol–water partition coefficient (Wildman–Crippen LogP) is 2.40. The summed E-state index contributed by atoms with van der Waals surface area (Å²) >= 11 is 0. The molecule has 0 spiro atoms. The molecule has 1 aliphatic rings. The van der Waals surface area contributed by atoms with Crippen molar-refractivity contribution in [2.24, 2.45) is 11.7 Å². The van der Waals surface area contributed by atoms with Gasteiger partial charge in [-0.05, 0) is 48.7 Å². The van der Waals surface area contributed by atoms with Gasteiger partial charge in [-0.15, -0.1) is 0 Å². The van der Waals surface area contributed by atoms with Crippen LogP contribution in [0.3, 0.4) is 0 Å². The number of benzene rings is 1. The quantitative estimate of drug-likeness (QED) is 0.664. The molecule has 3 aromatic rings. The Morgan fingerprint density at radius 1 is 1.23 bits per heavy atom. The number of pyridine rings is 2. The fourth-order valence-corrected chi connectivity index (χ4v) is 4.32. The molecule has 3 heterocycles. The van der Waals surface area contributed by atoms with Crippen molar-refractivity contribution in [1.29, 1.82) is 5.26 Å². The van der Waals surface area contributed by atoms with E-state index in [4.69, 9.17) is 5.73 Å². The highest BCUT2D eigenvalue weighted by Crippen LogP contribution is 2.31. The second-order valence-electron chi connectivity index (χ2n) is 8.23. The molecule has 7 heteroatoms. The summed E-state index contributed by atoms with van der Waals surface area (Å²) in [5.41, 5.74) is 9.26. The van der Waals surface area contributed by atoms with Gasteiger partial charge in [0.1, 0.15) is 6.07 Å². The van der Waals surface area contributed by atoms with Crippen molar-refractivity contribution in [2.45, 2.75) is 31.8 Å². The third-order valence-electron chi connectivity index (χ3n) is 5.71. The van der Waals surface area contributed by atoms with Crippen LogP contribution in [0, 0.1) is 17.2 Å². The molecule has 2 aromatic heterocycles. The highest BCUT2D eigenvalue weighted by Gasteiger charge is 2.28. The number of nitrogens with two attached hydrogens (primary N) is 1. The number of rotatable bonds is 5. The summed E-state index contributed by atoms with van der Waals surface area (Å²) < 4.78 is 0. The molecule has 4 rings (SSSR count). The lowest BCUT2D eigenvalue weighted by Gasteiger charge is -2.39. The monoisotopic (exact) mass is 414 g/mol. The second-order valence-corrected chi connectivity index (χ2v) is 8.23. The zero-order valence-corrected chi connectivity index (χ0v) is 17.5. The van der Waals surface area contributed by atoms with Crippen LogP contribution in [-0.2, 0) is 11.2 Å². The predicted molar refractivity (Wildman–Crippen MR) is 120 cm³/mol. The van der Waals surface area contributed by atoms with Crippen molar-refractivity contribution in [2.75, 3.05) is 18.0 Å². The van der Waals surface area contributed by atoms with Crippen molar-refractivity contribution in [3.63, 3.8) is 0 Å². The van der Waals surface area contributed by atoms with E-state index in [0.717, 1.165) is 29.7 Å². The number of carbonyl (C=O) groups excluding carboxylic acids is 1. The summed E-state index contributed by atoms with van der Waals surface area (Å²) in [5, 5.41) is 13.5. The summed E-state index contributed by atoms with van der Waals surface area (Å²) in [5.74, 6) is 0.240. The minimum absolute atomic E-state index is 0.00611. The van der Waals surface area contributed by atoms with Crippen molar-refractivity contribution < 1.29 is 4.79 Å². The van der Waals surface area contributed by atoms with Gasteiger partial charge in [-0.3, -0.25) is 14.8 Å². The maximum atomic E-state index is 12.7. The Bertz CT molecular complexity index is 1110. The molecule has 1 unspecified atom stereocenters. The average Bonchev–Trinajstić information content (AvgIpc) is 2.78. The SMILES string of the molecule is C[C@H]1C[C@@H](NC(=O)C(N)Cc2ccccn2)CN(c2ccc(C#N)c3ncccc23)C1. The molecule has 1 fully saturated rings. The Kier molecular flexibility index (Phi) is 6.10. The van der Waals surface area contributed by atoms with Gasteiger partial charge >= 0.3 is 0 Å². The van der Waals surface area contributed by atoms with Gasteiger partial charge in [0.15, 0.2) is 0 Å². The van der Waals surface area contributed by atoms with Gasteiger partial charge in [-0.1, -0.05) is 13.0 Å². The van der Waals surface area contributed by atoms with E-state index in [9.17, 15) is 10.1 Å². The molecule has 0 saturated carbocycles. The third-order valence-corrected chi connectivity index (χ3v) is 5.71. The van der Waals surface area contributed by atoms with Gasteiger partial charge in [-0.25, -0.2) is 0 Å². The summed E-state index contributed by atoms with van der Waals surface area (Å²) in [6.07, 6.45) is 4.71. The van der Waals surface area contributed by atoms with Crippen molar-refractivity contribution >= 4 is 22.5 Å². The van der Waals surface area contributed by atoms with Crippen molar-refractivity contribution in [1.82, 2.24) is 15.3 Å². The fourth-order valence-electron chi connectivity index (χ4n) is 4.32. The molecular formula is C24H26N6O. The van der Waals surface area contributed by atoms with Crippen LogP contribution >= 0.6 is 0 Å². The van der Waals surface area contributed by atoms with Crippen LogP contribution in [0.4, 0.5) is 5.69 Å². The van der Waals surface area contributed by atoms with E-state index in [1.807, 2.05) is 42.5 Å². The van der Waals surface area contributed by atoms with E-state index in [2.05, 4.69) is 33.2 Å². The molecule has 0 radical (unpaired) electrons. The Balaban J connectivity index is 1.49. The fraction of sp³-hybridized carbons (Fsp3) is 0.333. The first-order chi connectivity index (χ1) is 15.0. The van der Waals surface area contributed by atoms with Gasteiger partial charge in [0.05, 0.1) is 17.1 Å². The lowest BCUT2D eigenvalue weighted by Crippen LogP contribution is -2.54. The summed E-state index contributed by atoms with van der Waals surface area (Å²) in [4.78, 5) is 23.7. The zero-order chi connectivity index (χ0) is 21.8. The van der Waals surface area contributed by atoms with E-state index in [1.165, 1.54) is 0 Å². The molecule has 1 aromatic carbocycles. The van der Waals surface area contributed by atoms with Crippen LogP contribution < -0.4 is 16.0 Å². The number of aromatic nitrogens is 2. The number of hydrogen-bond acceptors (Lipinski definition) is 6. The lowest BCUT2D eigenvalue weighted by molar-refractivity contribution is -0.123. The highest BCUT2D eigenvalue weighted by molar-refractivity contribution is 5.95. The largest absolute Gasteiger partial charge is 0.369 e. The summed E-state index contributed by atoms with van der Waals surface area (Å²) in [6.45, 7) is 3.74. The standard InChI is InChI=1S/C24H26N6O/c1-16-11-19(29-24(31)21(26)12-18-5-2-3-9-27-18)15-30(14-16)22-8-7-17(13-25)23-20(22)6-4-10-28-23/h2-10,16,19,21H,11-12,14-15,26H2,1H3,(H,29,31)/t16-,19+,21?/m0/s1. The van der Waals surface area contributed by atoms with Gasteiger partial charge in [-0.2, -0.15) is 5.26 Å². The van der Waals surface area contributed by atoms with E-state index < -0.39 is 6.04 Å². The molecular weight excluding hydrogens is 388 g/mol. The molecule has 158 valence electrons. The Labute approximate surface area is 181 Å². The van der Waals surface area contributed by atoms with Crippen LogP contribution in [0.5, 0.6) is 0 Å². The molecule has 1 aliphatic heterocycles. The summed E-state index contributed by atoms with van der Waals surface area (Å²) in [7, 11) is 0. The number of carbonyl (C=O) groups is 1. The molecule has 0 aliphatic carbocycles. The van der Waals surface area contributed by atoms with Gasteiger partial charge in [0, 0.05) is 54.7 Å². The first-order valence-electron chi connectivity index (χ1n) is 10.5. The number of nitrogens with zero attached hydrogens (tertiary/aromatic N) is 4. The highest BCUT2D eigenvalue weighted by atomic mass is 16.2. The number of piperidine rings is 1. The van der Waals surface area contributed by atoms with Gasteiger partial charge < -0.3 is 16.0 Å². The molecule has 1 amide bonds. The van der Waals surface area contributed by atoms with Crippen LogP contribution in [0.25, 0.3) is 10.9 Å². The van der Waals surface area contributed by atoms with E-state index >= 15 is 0 Å². The zero-order valence-electron chi connectivity index (χ0n) is 17.5. The Morgan fingerprint density at radius 2 is 2.06 bits per heavy atom. The first-order valence-corrected chi connectivity index (χ1v) is 10.5. The first kappa shape index (κ1) is 20.8. The van der Waals surface area contributed by atoms with Gasteiger partial charge in [0.25, 0.3) is 0 Å². The normalized spacial score (nSPS) is 19.6. The minimum atomic E-state index is -0.638. The number of nitrogens with one attached hydrogen (secondary N) is 1. The maximum absolute atomic E-state index is 12.7. The number of hydrogen-bond donors (Lipinski definition) is 2. The van der Waals surface area contributed by atoms with E-state index in [0.29, 0.717) is 30.0 Å². The number of fused-ring (bicyclic) bond motifs is 1. The number of amides is 1. The molecule has 1 saturated heterocycles. The van der Waals surface area contributed by atoms with E-state index in [-0.39, 0.29) is 11.9 Å². The Hall–Kier alpha value is -3.50. The van der Waals surface area contributed by atoms with Crippen LogP contribution in [0.2, 0.25) is 0 Å².